The van der Waals surface area contributed by atoms with Gasteiger partial charge in [0.05, 0.1) is 16.1 Å². The molecule has 1 aromatic heterocycles. The van der Waals surface area contributed by atoms with Crippen molar-refractivity contribution >= 4 is 40.8 Å². The van der Waals surface area contributed by atoms with Crippen LogP contribution >= 0.6 is 23.2 Å². The van der Waals surface area contributed by atoms with Crippen molar-refractivity contribution in [2.45, 2.75) is 45.8 Å². The standard InChI is InChI=1S/C21H27Cl2N5O2/c1-21(2,3)18(25)20(30)28-16(9-12-4-6-14(22)15(23)8-12)19(29)27-11-13-5-7-17(24)26-10-13/h4-8,10,16,18H,9,11,25H2,1-3H3,(H2,24,26)(H,27,29)(H,28,30)/t16-,18-/m1/s1. The molecule has 0 saturated carbocycles. The average molecular weight is 452 g/mol. The van der Waals surface area contributed by atoms with E-state index in [1.54, 1.807) is 36.5 Å². The summed E-state index contributed by atoms with van der Waals surface area (Å²) in [5, 5.41) is 6.36. The van der Waals surface area contributed by atoms with Crippen LogP contribution in [-0.2, 0) is 22.6 Å². The highest BCUT2D eigenvalue weighted by atomic mass is 35.5. The van der Waals surface area contributed by atoms with Crippen molar-refractivity contribution in [1.29, 1.82) is 0 Å². The van der Waals surface area contributed by atoms with Gasteiger partial charge in [0.1, 0.15) is 11.9 Å². The molecule has 0 radical (unpaired) electrons. The van der Waals surface area contributed by atoms with E-state index in [9.17, 15) is 9.59 Å². The first-order chi connectivity index (χ1) is 14.0. The number of benzene rings is 1. The third-order valence-electron chi connectivity index (χ3n) is 4.59. The van der Waals surface area contributed by atoms with E-state index >= 15 is 0 Å². The smallest absolute Gasteiger partial charge is 0.243 e. The Labute approximate surface area is 186 Å². The fourth-order valence-electron chi connectivity index (χ4n) is 2.62. The van der Waals surface area contributed by atoms with Crippen molar-refractivity contribution in [2.24, 2.45) is 11.1 Å². The van der Waals surface area contributed by atoms with Gasteiger partial charge >= 0.3 is 0 Å². The first kappa shape index (κ1) is 23.9. The highest BCUT2D eigenvalue weighted by Gasteiger charge is 2.30. The number of hydrogen-bond acceptors (Lipinski definition) is 5. The minimum atomic E-state index is -0.843. The quantitative estimate of drug-likeness (QED) is 0.515. The van der Waals surface area contributed by atoms with E-state index in [0.29, 0.717) is 15.9 Å². The summed E-state index contributed by atoms with van der Waals surface area (Å²) >= 11 is 12.1. The minimum absolute atomic E-state index is 0.227. The van der Waals surface area contributed by atoms with Gasteiger partial charge in [0, 0.05) is 19.2 Å². The normalized spacial score (nSPS) is 13.4. The molecule has 1 aromatic carbocycles. The number of nitrogen functional groups attached to an aromatic ring is 1. The van der Waals surface area contributed by atoms with Gasteiger partial charge in [-0.15, -0.1) is 0 Å². The summed E-state index contributed by atoms with van der Waals surface area (Å²) in [5.74, 6) is -0.366. The molecule has 7 nitrogen and oxygen atoms in total. The summed E-state index contributed by atoms with van der Waals surface area (Å²) in [6.07, 6.45) is 1.81. The second-order valence-electron chi connectivity index (χ2n) is 8.17. The fraction of sp³-hybridized carbons (Fsp3) is 0.381. The van der Waals surface area contributed by atoms with Crippen LogP contribution in [0.3, 0.4) is 0 Å². The Morgan fingerprint density at radius 3 is 2.30 bits per heavy atom. The minimum Gasteiger partial charge on any atom is -0.384 e. The number of carbonyl (C=O) groups excluding carboxylic acids is 2. The predicted molar refractivity (Wildman–Crippen MR) is 120 cm³/mol. The Kier molecular flexibility index (Phi) is 8.06. The number of pyridine rings is 1. The van der Waals surface area contributed by atoms with Crippen LogP contribution in [0.5, 0.6) is 0 Å². The van der Waals surface area contributed by atoms with Gasteiger partial charge in [0.2, 0.25) is 11.8 Å². The van der Waals surface area contributed by atoms with Crippen molar-refractivity contribution in [1.82, 2.24) is 15.6 Å². The number of anilines is 1. The van der Waals surface area contributed by atoms with E-state index < -0.39 is 23.4 Å². The molecule has 162 valence electrons. The highest BCUT2D eigenvalue weighted by molar-refractivity contribution is 6.42. The number of halogens is 2. The second-order valence-corrected chi connectivity index (χ2v) is 8.98. The Morgan fingerprint density at radius 1 is 1.07 bits per heavy atom. The number of rotatable bonds is 7. The lowest BCUT2D eigenvalue weighted by molar-refractivity contribution is -0.130. The van der Waals surface area contributed by atoms with E-state index in [-0.39, 0.29) is 18.9 Å². The summed E-state index contributed by atoms with van der Waals surface area (Å²) in [6.45, 7) is 5.82. The molecule has 0 fully saturated rings. The number of nitrogens with one attached hydrogen (secondary N) is 2. The lowest BCUT2D eigenvalue weighted by Gasteiger charge is -2.28. The number of aromatic nitrogens is 1. The van der Waals surface area contributed by atoms with E-state index in [4.69, 9.17) is 34.7 Å². The molecule has 0 unspecified atom stereocenters. The zero-order valence-electron chi connectivity index (χ0n) is 17.2. The van der Waals surface area contributed by atoms with Crippen LogP contribution < -0.4 is 22.1 Å². The third kappa shape index (κ3) is 6.86. The van der Waals surface area contributed by atoms with Crippen molar-refractivity contribution in [3.05, 3.63) is 57.7 Å². The lowest BCUT2D eigenvalue weighted by atomic mass is 9.86. The largest absolute Gasteiger partial charge is 0.384 e. The van der Waals surface area contributed by atoms with E-state index in [1.807, 2.05) is 20.8 Å². The number of nitrogens with zero attached hydrogens (tertiary/aromatic N) is 1. The van der Waals surface area contributed by atoms with E-state index in [1.165, 1.54) is 0 Å². The van der Waals surface area contributed by atoms with Crippen LogP contribution in [-0.4, -0.2) is 28.9 Å². The van der Waals surface area contributed by atoms with Gasteiger partial charge in [-0.2, -0.15) is 0 Å². The van der Waals surface area contributed by atoms with Gasteiger partial charge in [-0.3, -0.25) is 9.59 Å². The monoisotopic (exact) mass is 451 g/mol. The number of nitrogens with two attached hydrogens (primary N) is 2. The number of hydrogen-bond donors (Lipinski definition) is 4. The van der Waals surface area contributed by atoms with Crippen LogP contribution in [0, 0.1) is 5.41 Å². The maximum absolute atomic E-state index is 12.9. The van der Waals surface area contributed by atoms with Gasteiger partial charge in [0.15, 0.2) is 0 Å². The molecule has 2 rings (SSSR count). The maximum Gasteiger partial charge on any atom is 0.243 e. The average Bonchev–Trinajstić information content (AvgIpc) is 2.68. The van der Waals surface area contributed by atoms with Crippen LogP contribution in [0.25, 0.3) is 0 Å². The molecule has 0 aliphatic rings. The third-order valence-corrected chi connectivity index (χ3v) is 5.33. The van der Waals surface area contributed by atoms with Crippen LogP contribution in [0.15, 0.2) is 36.5 Å². The molecule has 30 heavy (non-hydrogen) atoms. The molecule has 0 aliphatic carbocycles. The van der Waals surface area contributed by atoms with Crippen molar-refractivity contribution in [2.75, 3.05) is 5.73 Å². The number of carbonyl (C=O) groups is 2. The number of amides is 2. The lowest BCUT2D eigenvalue weighted by Crippen LogP contribution is -2.55. The molecule has 6 N–H and O–H groups in total. The zero-order valence-corrected chi connectivity index (χ0v) is 18.7. The fourth-order valence-corrected chi connectivity index (χ4v) is 2.94. The van der Waals surface area contributed by atoms with Crippen LogP contribution in [0.2, 0.25) is 10.0 Å². The molecule has 0 saturated heterocycles. The Bertz CT molecular complexity index is 897. The van der Waals surface area contributed by atoms with Gasteiger partial charge in [0.25, 0.3) is 0 Å². The molecule has 0 spiro atoms. The maximum atomic E-state index is 12.9. The summed E-state index contributed by atoms with van der Waals surface area (Å²) in [5.41, 5.74) is 12.7. The highest BCUT2D eigenvalue weighted by Crippen LogP contribution is 2.23. The Balaban J connectivity index is 2.15. The molecular weight excluding hydrogens is 425 g/mol. The van der Waals surface area contributed by atoms with Gasteiger partial charge in [-0.1, -0.05) is 56.1 Å². The molecule has 9 heteroatoms. The summed E-state index contributed by atoms with van der Waals surface area (Å²) in [7, 11) is 0. The van der Waals surface area contributed by atoms with E-state index in [2.05, 4.69) is 15.6 Å². The molecule has 1 heterocycles. The zero-order chi connectivity index (χ0) is 22.5. The van der Waals surface area contributed by atoms with Crippen LogP contribution in [0.4, 0.5) is 5.82 Å². The van der Waals surface area contributed by atoms with E-state index in [0.717, 1.165) is 11.1 Å². The van der Waals surface area contributed by atoms with Gasteiger partial charge < -0.3 is 22.1 Å². The molecular formula is C21H27Cl2N5O2. The molecule has 2 amide bonds. The van der Waals surface area contributed by atoms with Gasteiger partial charge in [-0.05, 0) is 34.7 Å². The first-order valence-corrected chi connectivity index (χ1v) is 10.2. The summed E-state index contributed by atoms with van der Waals surface area (Å²) in [6, 6.07) is 6.88. The first-order valence-electron chi connectivity index (χ1n) is 9.45. The second kappa shape index (κ2) is 10.1. The van der Waals surface area contributed by atoms with Crippen molar-refractivity contribution in [3.63, 3.8) is 0 Å². The van der Waals surface area contributed by atoms with Crippen LogP contribution in [0.1, 0.15) is 31.9 Å². The Hall–Kier alpha value is -2.35. The molecule has 2 aromatic rings. The SMILES string of the molecule is CC(C)(C)[C@H](N)C(=O)N[C@H](Cc1ccc(Cl)c(Cl)c1)C(=O)NCc1ccc(N)nc1. The molecule has 2 atom stereocenters. The Morgan fingerprint density at radius 2 is 1.73 bits per heavy atom. The topological polar surface area (TPSA) is 123 Å². The molecule has 0 aliphatic heterocycles. The summed E-state index contributed by atoms with van der Waals surface area (Å²) < 4.78 is 0. The van der Waals surface area contributed by atoms with Gasteiger partial charge in [-0.25, -0.2) is 4.98 Å². The predicted octanol–water partition coefficient (Wildman–Crippen LogP) is 2.69. The molecule has 0 bridgehead atoms. The van der Waals surface area contributed by atoms with Crippen molar-refractivity contribution in [3.8, 4) is 0 Å². The summed E-state index contributed by atoms with van der Waals surface area (Å²) in [4.78, 5) is 29.5. The van der Waals surface area contributed by atoms with Crippen molar-refractivity contribution < 1.29 is 9.59 Å².